The number of carbonyl (C=O) groups is 1. The highest BCUT2D eigenvalue weighted by Gasteiger charge is 2.51. The quantitative estimate of drug-likeness (QED) is 0.394. The molecule has 6 nitrogen and oxygen atoms in total. The van der Waals surface area contributed by atoms with Gasteiger partial charge < -0.3 is 24.6 Å². The van der Waals surface area contributed by atoms with Crippen molar-refractivity contribution in [2.75, 3.05) is 39.7 Å². The number of ether oxygens (including phenoxy) is 2. The van der Waals surface area contributed by atoms with Crippen LogP contribution in [-0.2, 0) is 11.6 Å². The van der Waals surface area contributed by atoms with Crippen molar-refractivity contribution in [3.8, 4) is 11.5 Å². The zero-order valence-electron chi connectivity index (χ0n) is 21.8. The lowest BCUT2D eigenvalue weighted by Crippen LogP contribution is -2.53. The van der Waals surface area contributed by atoms with Gasteiger partial charge in [-0.25, -0.2) is 4.79 Å². The number of urea groups is 1. The lowest BCUT2D eigenvalue weighted by Gasteiger charge is -2.47. The number of carbonyl (C=O) groups excluding carboxylic acids is 1. The summed E-state index contributed by atoms with van der Waals surface area (Å²) in [5.41, 5.74) is 0.133. The van der Waals surface area contributed by atoms with Gasteiger partial charge >= 0.3 is 12.2 Å². The normalized spacial score (nSPS) is 23.4. The number of alkyl halides is 3. The minimum atomic E-state index is -4.62. The number of likely N-dealkylation sites (tertiary alicyclic amines) is 1. The van der Waals surface area contributed by atoms with E-state index in [0.29, 0.717) is 11.5 Å². The molecule has 2 aromatic rings. The van der Waals surface area contributed by atoms with Crippen LogP contribution in [0.15, 0.2) is 49.1 Å². The molecule has 0 aromatic heterocycles. The smallest absolute Gasteiger partial charge is 0.417 e. The fourth-order valence-electron chi connectivity index (χ4n) is 6.08. The van der Waals surface area contributed by atoms with Crippen LogP contribution in [-0.4, -0.2) is 62.3 Å². The molecule has 206 valence electrons. The Kier molecular flexibility index (Phi) is 8.18. The summed E-state index contributed by atoms with van der Waals surface area (Å²) in [7, 11) is 5.33. The predicted molar refractivity (Wildman–Crippen MR) is 142 cm³/mol. The monoisotopic (exact) mass is 551 g/mol. The lowest BCUT2D eigenvalue weighted by atomic mass is 9.64. The fraction of sp³-hybridized carbons (Fsp3) is 0.464. The van der Waals surface area contributed by atoms with Gasteiger partial charge in [0.2, 0.25) is 0 Å². The van der Waals surface area contributed by atoms with Crippen molar-refractivity contribution in [2.45, 2.75) is 49.4 Å². The van der Waals surface area contributed by atoms with Crippen LogP contribution >= 0.6 is 11.6 Å². The Bertz CT molecular complexity index is 1190. The number of rotatable bonds is 7. The van der Waals surface area contributed by atoms with E-state index in [2.05, 4.69) is 36.0 Å². The molecular weight excluding hydrogens is 519 g/mol. The molecule has 38 heavy (non-hydrogen) atoms. The topological polar surface area (TPSA) is 54.0 Å². The number of hydrogen-bond donors (Lipinski definition) is 1. The van der Waals surface area contributed by atoms with E-state index in [1.54, 1.807) is 25.2 Å². The van der Waals surface area contributed by atoms with Crippen molar-refractivity contribution in [3.63, 3.8) is 0 Å². The van der Waals surface area contributed by atoms with Crippen molar-refractivity contribution >= 4 is 23.3 Å². The zero-order valence-corrected chi connectivity index (χ0v) is 22.5. The fourth-order valence-corrected chi connectivity index (χ4v) is 6.30. The molecule has 3 atom stereocenters. The zero-order chi connectivity index (χ0) is 27.7. The van der Waals surface area contributed by atoms with Crippen LogP contribution in [0, 0.1) is 0 Å². The van der Waals surface area contributed by atoms with Crippen LogP contribution in [0.1, 0.15) is 36.8 Å². The third-order valence-electron chi connectivity index (χ3n) is 8.01. The van der Waals surface area contributed by atoms with E-state index in [1.807, 2.05) is 6.07 Å². The summed E-state index contributed by atoms with van der Waals surface area (Å²) in [5.74, 6) is 1.36. The van der Waals surface area contributed by atoms with Crippen LogP contribution in [0.4, 0.5) is 23.7 Å². The highest BCUT2D eigenvalue weighted by molar-refractivity contribution is 6.31. The van der Waals surface area contributed by atoms with E-state index in [1.165, 1.54) is 11.6 Å². The van der Waals surface area contributed by atoms with Gasteiger partial charge in [0.1, 0.15) is 0 Å². The Hall–Kier alpha value is -2.91. The number of likely N-dealkylation sites (N-methyl/N-ethyl adjacent to an activating group) is 1. The number of benzene rings is 2. The number of nitrogens with one attached hydrogen (secondary N) is 1. The Balaban J connectivity index is 1.57. The maximum Gasteiger partial charge on any atom is 0.417 e. The lowest BCUT2D eigenvalue weighted by molar-refractivity contribution is -0.137. The Morgan fingerprint density at radius 1 is 1.21 bits per heavy atom. The van der Waals surface area contributed by atoms with E-state index >= 15 is 0 Å². The Morgan fingerprint density at radius 3 is 2.61 bits per heavy atom. The number of methoxy groups -OCH3 is 2. The van der Waals surface area contributed by atoms with Crippen molar-refractivity contribution in [3.05, 3.63) is 65.2 Å². The summed E-state index contributed by atoms with van der Waals surface area (Å²) in [5, 5.41) is 2.22. The van der Waals surface area contributed by atoms with Crippen molar-refractivity contribution in [1.29, 1.82) is 0 Å². The minimum Gasteiger partial charge on any atom is -0.493 e. The SMILES string of the molecule is C=CCN(C(=O)Nc1ccc(Cl)c(C(F)(F)F)c1)C1CCC2(c3ccc(OC)c(OC)c3)CCN(C)C2C1. The van der Waals surface area contributed by atoms with Crippen molar-refractivity contribution < 1.29 is 27.4 Å². The summed E-state index contributed by atoms with van der Waals surface area (Å²) in [6.45, 7) is 4.99. The molecule has 10 heteroatoms. The molecule has 0 radical (unpaired) electrons. The number of hydrogen-bond acceptors (Lipinski definition) is 4. The molecule has 1 aliphatic heterocycles. The van der Waals surface area contributed by atoms with Crippen LogP contribution in [0.25, 0.3) is 0 Å². The van der Waals surface area contributed by atoms with Gasteiger partial charge in [-0.3, -0.25) is 0 Å². The molecule has 1 aliphatic carbocycles. The number of fused-ring (bicyclic) bond motifs is 1. The second-order valence-corrected chi connectivity index (χ2v) is 10.4. The molecule has 2 amide bonds. The van der Waals surface area contributed by atoms with Crippen LogP contribution in [0.2, 0.25) is 5.02 Å². The third-order valence-corrected chi connectivity index (χ3v) is 8.34. The average molecular weight is 552 g/mol. The highest BCUT2D eigenvalue weighted by atomic mass is 35.5. The van der Waals surface area contributed by atoms with Gasteiger partial charge in [0.15, 0.2) is 11.5 Å². The maximum atomic E-state index is 13.3. The first-order chi connectivity index (χ1) is 18.0. The first kappa shape index (κ1) is 28.1. The summed E-state index contributed by atoms with van der Waals surface area (Å²) in [6.07, 6.45) is 0.311. The summed E-state index contributed by atoms with van der Waals surface area (Å²) in [6, 6.07) is 9.05. The maximum absolute atomic E-state index is 13.3. The summed E-state index contributed by atoms with van der Waals surface area (Å²) < 4.78 is 51.0. The molecule has 4 rings (SSSR count). The molecule has 1 N–H and O–H groups in total. The van der Waals surface area contributed by atoms with Gasteiger partial charge in [0.05, 0.1) is 24.8 Å². The molecule has 2 aromatic carbocycles. The molecule has 1 saturated heterocycles. The molecule has 0 spiro atoms. The minimum absolute atomic E-state index is 0.0363. The van der Waals surface area contributed by atoms with Gasteiger partial charge in [-0.15, -0.1) is 6.58 Å². The first-order valence-corrected chi connectivity index (χ1v) is 12.9. The Labute approximate surface area is 226 Å². The first-order valence-electron chi connectivity index (χ1n) is 12.5. The van der Waals surface area contributed by atoms with Crippen LogP contribution in [0.3, 0.4) is 0 Å². The standard InChI is InChI=1S/C28H33ClF3N3O3/c1-5-13-35(26(36)33-19-7-8-22(29)21(16-19)28(30,31)32)20-10-11-27(12-14-34(2)25(27)17-20)18-6-9-23(37-3)24(15-18)38-4/h5-9,15-16,20,25H,1,10-14,17H2,2-4H3,(H,33,36). The molecule has 2 aliphatic rings. The van der Waals surface area contributed by atoms with E-state index < -0.39 is 22.8 Å². The van der Waals surface area contributed by atoms with Gasteiger partial charge in [-0.1, -0.05) is 23.7 Å². The third kappa shape index (κ3) is 5.31. The molecule has 1 heterocycles. The largest absolute Gasteiger partial charge is 0.493 e. The molecular formula is C28H33ClF3N3O3. The van der Waals surface area contributed by atoms with Crippen LogP contribution < -0.4 is 14.8 Å². The average Bonchev–Trinajstić information content (AvgIpc) is 3.23. The predicted octanol–water partition coefficient (Wildman–Crippen LogP) is 6.59. The van der Waals surface area contributed by atoms with Crippen molar-refractivity contribution in [2.24, 2.45) is 0 Å². The second-order valence-electron chi connectivity index (χ2n) is 9.96. The molecule has 2 fully saturated rings. The second kappa shape index (κ2) is 11.1. The molecule has 3 unspecified atom stereocenters. The van der Waals surface area contributed by atoms with Gasteiger partial charge in [-0.2, -0.15) is 13.2 Å². The van der Waals surface area contributed by atoms with Gasteiger partial charge in [-0.05, 0) is 75.2 Å². The number of nitrogens with zero attached hydrogens (tertiary/aromatic N) is 2. The van der Waals surface area contributed by atoms with Gasteiger partial charge in [0, 0.05) is 29.7 Å². The highest BCUT2D eigenvalue weighted by Crippen LogP contribution is 2.50. The van der Waals surface area contributed by atoms with E-state index in [-0.39, 0.29) is 29.7 Å². The van der Waals surface area contributed by atoms with E-state index in [0.717, 1.165) is 44.4 Å². The number of amides is 2. The summed E-state index contributed by atoms with van der Waals surface area (Å²) >= 11 is 5.74. The number of anilines is 1. The van der Waals surface area contributed by atoms with Crippen molar-refractivity contribution in [1.82, 2.24) is 9.80 Å². The van der Waals surface area contributed by atoms with E-state index in [9.17, 15) is 18.0 Å². The number of halogens is 4. The molecule has 1 saturated carbocycles. The Morgan fingerprint density at radius 2 is 1.95 bits per heavy atom. The summed E-state index contributed by atoms with van der Waals surface area (Å²) in [4.78, 5) is 17.3. The van der Waals surface area contributed by atoms with Crippen LogP contribution in [0.5, 0.6) is 11.5 Å². The van der Waals surface area contributed by atoms with E-state index in [4.69, 9.17) is 21.1 Å². The molecule has 0 bridgehead atoms. The van der Waals surface area contributed by atoms with Gasteiger partial charge in [0.25, 0.3) is 0 Å².